The molecule has 0 aliphatic heterocycles. The second kappa shape index (κ2) is 5.31. The fourth-order valence-corrected chi connectivity index (χ4v) is 3.41. The number of rotatable bonds is 4. The lowest BCUT2D eigenvalue weighted by Crippen LogP contribution is -2.25. The molecule has 0 radical (unpaired) electrons. The van der Waals surface area contributed by atoms with Gasteiger partial charge >= 0.3 is 0 Å². The Morgan fingerprint density at radius 1 is 1.31 bits per heavy atom. The molecule has 1 aromatic carbocycles. The van der Waals surface area contributed by atoms with Crippen molar-refractivity contribution in [1.82, 2.24) is 4.72 Å². The molecular weight excluding hydrogens is 276 g/mol. The molecule has 3 nitrogen and oxygen atoms in total. The van der Waals surface area contributed by atoms with Gasteiger partial charge in [0.15, 0.2) is 0 Å². The van der Waals surface area contributed by atoms with Crippen LogP contribution in [0.5, 0.6) is 0 Å². The molecule has 0 saturated carbocycles. The Balaban J connectivity index is 3.23. The first kappa shape index (κ1) is 13.7. The molecule has 90 valence electrons. The SMILES string of the molecule is CCCNS(=O)(=O)c1c(Cl)cc(F)cc1Cl. The third-order valence-electron chi connectivity index (χ3n) is 1.77. The Kier molecular flexibility index (Phi) is 4.55. The van der Waals surface area contributed by atoms with Gasteiger partial charge in [0.1, 0.15) is 10.7 Å². The molecule has 0 bridgehead atoms. The third-order valence-corrected chi connectivity index (χ3v) is 4.16. The lowest BCUT2D eigenvalue weighted by Gasteiger charge is -2.09. The molecule has 0 saturated heterocycles. The van der Waals surface area contributed by atoms with Crippen LogP contribution in [-0.4, -0.2) is 15.0 Å². The second-order valence-corrected chi connectivity index (χ2v) is 5.61. The van der Waals surface area contributed by atoms with Crippen molar-refractivity contribution in [3.8, 4) is 0 Å². The van der Waals surface area contributed by atoms with Crippen LogP contribution in [0.15, 0.2) is 17.0 Å². The monoisotopic (exact) mass is 285 g/mol. The average molecular weight is 286 g/mol. The highest BCUT2D eigenvalue weighted by Gasteiger charge is 2.21. The van der Waals surface area contributed by atoms with E-state index in [1.165, 1.54) is 0 Å². The summed E-state index contributed by atoms with van der Waals surface area (Å²) in [5, 5.41) is -0.456. The summed E-state index contributed by atoms with van der Waals surface area (Å²) in [6.07, 6.45) is 0.635. The van der Waals surface area contributed by atoms with Crippen molar-refractivity contribution in [3.63, 3.8) is 0 Å². The molecule has 7 heteroatoms. The molecule has 0 aliphatic carbocycles. The molecule has 1 aromatic rings. The van der Waals surface area contributed by atoms with Crippen LogP contribution >= 0.6 is 23.2 Å². The number of hydrogen-bond donors (Lipinski definition) is 1. The first-order valence-corrected chi connectivity index (χ1v) is 6.76. The zero-order valence-electron chi connectivity index (χ0n) is 8.43. The van der Waals surface area contributed by atoms with E-state index in [0.29, 0.717) is 6.42 Å². The lowest BCUT2D eigenvalue weighted by molar-refractivity contribution is 0.580. The van der Waals surface area contributed by atoms with E-state index in [1.54, 1.807) is 0 Å². The summed E-state index contributed by atoms with van der Waals surface area (Å²) in [6.45, 7) is 2.09. The van der Waals surface area contributed by atoms with E-state index in [4.69, 9.17) is 23.2 Å². The number of hydrogen-bond acceptors (Lipinski definition) is 2. The van der Waals surface area contributed by atoms with Gasteiger partial charge in [0.2, 0.25) is 10.0 Å². The van der Waals surface area contributed by atoms with Gasteiger partial charge in [-0.25, -0.2) is 17.5 Å². The van der Waals surface area contributed by atoms with Crippen LogP contribution in [0.25, 0.3) is 0 Å². The van der Waals surface area contributed by atoms with Gasteiger partial charge in [-0.15, -0.1) is 0 Å². The average Bonchev–Trinajstić information content (AvgIpc) is 2.12. The maximum Gasteiger partial charge on any atom is 0.243 e. The van der Waals surface area contributed by atoms with Crippen LogP contribution in [-0.2, 0) is 10.0 Å². The number of benzene rings is 1. The molecule has 0 heterocycles. The van der Waals surface area contributed by atoms with Crippen molar-refractivity contribution in [2.75, 3.05) is 6.54 Å². The summed E-state index contributed by atoms with van der Waals surface area (Å²) >= 11 is 11.3. The van der Waals surface area contributed by atoms with Gasteiger partial charge in [-0.1, -0.05) is 30.1 Å². The first-order valence-electron chi connectivity index (χ1n) is 4.52. The van der Waals surface area contributed by atoms with Gasteiger partial charge in [-0.05, 0) is 18.6 Å². The lowest BCUT2D eigenvalue weighted by atomic mass is 10.3. The zero-order chi connectivity index (χ0) is 12.3. The zero-order valence-corrected chi connectivity index (χ0v) is 10.8. The maximum atomic E-state index is 12.9. The summed E-state index contributed by atoms with van der Waals surface area (Å²) in [6, 6.07) is 1.82. The minimum atomic E-state index is -3.78. The Labute approximate surface area is 104 Å². The predicted molar refractivity (Wildman–Crippen MR) is 61.9 cm³/mol. The Bertz CT molecular complexity index is 467. The highest BCUT2D eigenvalue weighted by Crippen LogP contribution is 2.30. The third kappa shape index (κ3) is 3.07. The van der Waals surface area contributed by atoms with E-state index in [0.717, 1.165) is 12.1 Å². The molecule has 0 aliphatic rings. The van der Waals surface area contributed by atoms with Crippen molar-refractivity contribution in [2.24, 2.45) is 0 Å². The van der Waals surface area contributed by atoms with Crippen molar-refractivity contribution >= 4 is 33.2 Å². The fraction of sp³-hybridized carbons (Fsp3) is 0.333. The Morgan fingerprint density at radius 2 is 1.81 bits per heavy atom. The highest BCUT2D eigenvalue weighted by molar-refractivity contribution is 7.89. The summed E-state index contributed by atoms with van der Waals surface area (Å²) in [5.41, 5.74) is 0. The van der Waals surface area contributed by atoms with Crippen molar-refractivity contribution in [1.29, 1.82) is 0 Å². The van der Waals surface area contributed by atoms with Crippen LogP contribution in [0.3, 0.4) is 0 Å². The fourth-order valence-electron chi connectivity index (χ4n) is 1.09. The van der Waals surface area contributed by atoms with E-state index in [9.17, 15) is 12.8 Å². The summed E-state index contributed by atoms with van der Waals surface area (Å²) in [7, 11) is -3.78. The standard InChI is InChI=1S/C9H10Cl2FNO2S/c1-2-3-13-16(14,15)9-7(10)4-6(12)5-8(9)11/h4-5,13H,2-3H2,1H3. The van der Waals surface area contributed by atoms with Crippen LogP contribution in [0, 0.1) is 5.82 Å². The van der Waals surface area contributed by atoms with Gasteiger partial charge in [-0.3, -0.25) is 0 Å². The van der Waals surface area contributed by atoms with Crippen molar-refractivity contribution in [3.05, 3.63) is 28.0 Å². The van der Waals surface area contributed by atoms with Crippen LogP contribution in [0.1, 0.15) is 13.3 Å². The van der Waals surface area contributed by atoms with Crippen molar-refractivity contribution in [2.45, 2.75) is 18.2 Å². The highest BCUT2D eigenvalue weighted by atomic mass is 35.5. The molecule has 0 fully saturated rings. The molecule has 0 aromatic heterocycles. The number of sulfonamides is 1. The quantitative estimate of drug-likeness (QED) is 0.925. The van der Waals surface area contributed by atoms with Gasteiger partial charge < -0.3 is 0 Å². The molecule has 0 unspecified atom stereocenters. The van der Waals surface area contributed by atoms with Gasteiger partial charge in [0, 0.05) is 6.54 Å². The minimum absolute atomic E-state index is 0.228. The second-order valence-electron chi connectivity index (χ2n) is 3.10. The summed E-state index contributed by atoms with van der Waals surface area (Å²) < 4.78 is 38.7. The topological polar surface area (TPSA) is 46.2 Å². The van der Waals surface area contributed by atoms with E-state index in [1.807, 2.05) is 6.92 Å². The minimum Gasteiger partial charge on any atom is -0.211 e. The van der Waals surface area contributed by atoms with E-state index >= 15 is 0 Å². The summed E-state index contributed by atoms with van der Waals surface area (Å²) in [4.78, 5) is -0.286. The predicted octanol–water partition coefficient (Wildman–Crippen LogP) is 2.82. The van der Waals surface area contributed by atoms with Crippen LogP contribution in [0.2, 0.25) is 10.0 Å². The normalized spacial score (nSPS) is 11.8. The van der Waals surface area contributed by atoms with Crippen LogP contribution in [0.4, 0.5) is 4.39 Å². The number of nitrogens with one attached hydrogen (secondary N) is 1. The maximum absolute atomic E-state index is 12.9. The largest absolute Gasteiger partial charge is 0.243 e. The Hall–Kier alpha value is -0.360. The molecule has 0 amide bonds. The van der Waals surface area contributed by atoms with E-state index in [2.05, 4.69) is 4.72 Å². The Morgan fingerprint density at radius 3 is 2.25 bits per heavy atom. The molecule has 1 N–H and O–H groups in total. The molecular formula is C9H10Cl2FNO2S. The van der Waals surface area contributed by atoms with Crippen molar-refractivity contribution < 1.29 is 12.8 Å². The van der Waals surface area contributed by atoms with Gasteiger partial charge in [-0.2, -0.15) is 0 Å². The van der Waals surface area contributed by atoms with E-state index < -0.39 is 15.8 Å². The van der Waals surface area contributed by atoms with E-state index in [-0.39, 0.29) is 21.5 Å². The van der Waals surface area contributed by atoms with Crippen LogP contribution < -0.4 is 4.72 Å². The smallest absolute Gasteiger partial charge is 0.211 e. The molecule has 0 atom stereocenters. The number of halogens is 3. The first-order chi connectivity index (χ1) is 7.38. The summed E-state index contributed by atoms with van der Waals surface area (Å²) in [5.74, 6) is -0.676. The van der Waals surface area contributed by atoms with Gasteiger partial charge in [0.05, 0.1) is 10.0 Å². The molecule has 1 rings (SSSR count). The molecule has 0 spiro atoms. The molecule has 16 heavy (non-hydrogen) atoms. The van der Waals surface area contributed by atoms with Gasteiger partial charge in [0.25, 0.3) is 0 Å².